The number of hydrogen-bond donors (Lipinski definition) is 1. The maximum absolute atomic E-state index is 13.0. The lowest BCUT2D eigenvalue weighted by Gasteiger charge is -2.22. The Balaban J connectivity index is 2.38. The number of rotatable bonds is 6. The first-order chi connectivity index (χ1) is 7.94. The maximum atomic E-state index is 13.0. The molecule has 17 heavy (non-hydrogen) atoms. The third kappa shape index (κ3) is 5.15. The second kappa shape index (κ2) is 6.47. The van der Waals surface area contributed by atoms with Crippen molar-refractivity contribution in [1.29, 1.82) is 0 Å². The van der Waals surface area contributed by atoms with E-state index < -0.39 is 0 Å². The predicted octanol–water partition coefficient (Wildman–Crippen LogP) is 3.49. The fraction of sp³-hybridized carbons (Fsp3) is 0.538. The normalized spacial score (nSPS) is 11.8. The summed E-state index contributed by atoms with van der Waals surface area (Å²) in [6.45, 7) is 5.58. The van der Waals surface area contributed by atoms with Crippen molar-refractivity contribution in [3.63, 3.8) is 0 Å². The molecule has 0 aliphatic heterocycles. The van der Waals surface area contributed by atoms with Crippen molar-refractivity contribution in [3.05, 3.63) is 34.1 Å². The summed E-state index contributed by atoms with van der Waals surface area (Å²) >= 11 is 3.40. The summed E-state index contributed by atoms with van der Waals surface area (Å²) in [6, 6.07) is 4.71. The average Bonchev–Trinajstić information content (AvgIpc) is 2.29. The molecule has 1 N–H and O–H groups in total. The molecular weight excluding hydrogens is 285 g/mol. The van der Waals surface area contributed by atoms with Crippen molar-refractivity contribution in [1.82, 2.24) is 5.32 Å². The van der Waals surface area contributed by atoms with Crippen LogP contribution < -0.4 is 5.32 Å². The molecule has 0 saturated heterocycles. The quantitative estimate of drug-likeness (QED) is 0.812. The van der Waals surface area contributed by atoms with Crippen LogP contribution in [0.25, 0.3) is 0 Å². The molecule has 0 saturated carbocycles. The summed E-state index contributed by atoms with van der Waals surface area (Å²) in [5.41, 5.74) is 0.812. The molecule has 0 fully saturated rings. The van der Waals surface area contributed by atoms with Crippen molar-refractivity contribution >= 4 is 15.9 Å². The van der Waals surface area contributed by atoms with Gasteiger partial charge in [-0.3, -0.25) is 0 Å². The Bertz CT molecular complexity index is 368. The van der Waals surface area contributed by atoms with Crippen molar-refractivity contribution < 1.29 is 9.13 Å². The summed E-state index contributed by atoms with van der Waals surface area (Å²) in [5, 5.41) is 3.28. The van der Waals surface area contributed by atoms with Gasteiger partial charge >= 0.3 is 0 Å². The Kier molecular flexibility index (Phi) is 5.56. The fourth-order valence-electron chi connectivity index (χ4n) is 1.39. The van der Waals surface area contributed by atoms with E-state index in [1.807, 2.05) is 13.8 Å². The minimum atomic E-state index is -0.206. The summed E-state index contributed by atoms with van der Waals surface area (Å²) in [4.78, 5) is 0. The van der Waals surface area contributed by atoms with Crippen molar-refractivity contribution in [2.75, 3.05) is 13.7 Å². The van der Waals surface area contributed by atoms with Gasteiger partial charge < -0.3 is 10.1 Å². The lowest BCUT2D eigenvalue weighted by Crippen LogP contribution is -2.28. The molecule has 0 aliphatic rings. The molecule has 0 radical (unpaired) electrons. The fourth-order valence-corrected chi connectivity index (χ4v) is 1.78. The summed E-state index contributed by atoms with van der Waals surface area (Å²) in [6.07, 6.45) is 0.913. The minimum absolute atomic E-state index is 0.119. The molecule has 0 unspecified atom stereocenters. The largest absolute Gasteiger partial charge is 0.379 e. The predicted molar refractivity (Wildman–Crippen MR) is 71.5 cm³/mol. The van der Waals surface area contributed by atoms with E-state index in [-0.39, 0.29) is 11.4 Å². The third-order valence-corrected chi connectivity index (χ3v) is 3.55. The maximum Gasteiger partial charge on any atom is 0.123 e. The van der Waals surface area contributed by atoms with Crippen LogP contribution in [0.5, 0.6) is 0 Å². The average molecular weight is 304 g/mol. The van der Waals surface area contributed by atoms with E-state index in [1.54, 1.807) is 19.2 Å². The zero-order valence-corrected chi connectivity index (χ0v) is 12.1. The second-order valence-corrected chi connectivity index (χ2v) is 5.48. The molecule has 0 amide bonds. The van der Waals surface area contributed by atoms with Gasteiger partial charge in [0.1, 0.15) is 5.82 Å². The minimum Gasteiger partial charge on any atom is -0.379 e. The van der Waals surface area contributed by atoms with Gasteiger partial charge in [0, 0.05) is 18.1 Å². The Labute approximate surface area is 111 Å². The molecule has 4 heteroatoms. The van der Waals surface area contributed by atoms with Crippen molar-refractivity contribution in [2.45, 2.75) is 32.4 Å². The lowest BCUT2D eigenvalue weighted by molar-refractivity contribution is 0.0158. The number of hydrogen-bond acceptors (Lipinski definition) is 2. The van der Waals surface area contributed by atoms with E-state index >= 15 is 0 Å². The monoisotopic (exact) mass is 303 g/mol. The van der Waals surface area contributed by atoms with E-state index in [2.05, 4.69) is 21.2 Å². The Morgan fingerprint density at radius 2 is 2.12 bits per heavy atom. The molecule has 0 atom stereocenters. The number of methoxy groups -OCH3 is 1. The van der Waals surface area contributed by atoms with E-state index in [0.29, 0.717) is 6.54 Å². The highest BCUT2D eigenvalue weighted by atomic mass is 79.9. The van der Waals surface area contributed by atoms with Gasteiger partial charge in [-0.05, 0) is 50.6 Å². The number of halogens is 2. The zero-order chi connectivity index (χ0) is 12.9. The molecule has 96 valence electrons. The Morgan fingerprint density at radius 1 is 1.41 bits per heavy atom. The number of nitrogens with one attached hydrogen (secondary N) is 1. The SMILES string of the molecule is COC(C)(C)CCNCc1cc(F)ccc1Br. The van der Waals surface area contributed by atoms with E-state index in [0.717, 1.165) is 23.0 Å². The summed E-state index contributed by atoms with van der Waals surface area (Å²) in [5.74, 6) is -0.206. The number of ether oxygens (including phenoxy) is 1. The van der Waals surface area contributed by atoms with Gasteiger partial charge in [-0.1, -0.05) is 15.9 Å². The topological polar surface area (TPSA) is 21.3 Å². The van der Waals surface area contributed by atoms with E-state index in [4.69, 9.17) is 4.74 Å². The van der Waals surface area contributed by atoms with Gasteiger partial charge in [-0.15, -0.1) is 0 Å². The summed E-state index contributed by atoms with van der Waals surface area (Å²) < 4.78 is 19.3. The third-order valence-electron chi connectivity index (χ3n) is 2.78. The van der Waals surface area contributed by atoms with Crippen LogP contribution in [0.3, 0.4) is 0 Å². The molecule has 1 aromatic rings. The first-order valence-electron chi connectivity index (χ1n) is 5.64. The zero-order valence-electron chi connectivity index (χ0n) is 10.5. The van der Waals surface area contributed by atoms with Gasteiger partial charge in [0.2, 0.25) is 0 Å². The molecule has 1 rings (SSSR count). The highest BCUT2D eigenvalue weighted by Crippen LogP contribution is 2.18. The van der Waals surface area contributed by atoms with Crippen LogP contribution in [0, 0.1) is 5.82 Å². The van der Waals surface area contributed by atoms with Crippen molar-refractivity contribution in [3.8, 4) is 0 Å². The first kappa shape index (κ1) is 14.6. The Hall–Kier alpha value is -0.450. The van der Waals surface area contributed by atoms with Crippen LogP contribution in [0.15, 0.2) is 22.7 Å². The van der Waals surface area contributed by atoms with Crippen LogP contribution >= 0.6 is 15.9 Å². The van der Waals surface area contributed by atoms with E-state index in [9.17, 15) is 4.39 Å². The smallest absolute Gasteiger partial charge is 0.123 e. The highest BCUT2D eigenvalue weighted by Gasteiger charge is 2.15. The molecule has 0 aliphatic carbocycles. The van der Waals surface area contributed by atoms with Crippen LogP contribution in [0.1, 0.15) is 25.8 Å². The second-order valence-electron chi connectivity index (χ2n) is 4.63. The lowest BCUT2D eigenvalue weighted by atomic mass is 10.1. The van der Waals surface area contributed by atoms with Crippen molar-refractivity contribution in [2.24, 2.45) is 0 Å². The highest BCUT2D eigenvalue weighted by molar-refractivity contribution is 9.10. The van der Waals surface area contributed by atoms with Crippen LogP contribution in [0.2, 0.25) is 0 Å². The molecule has 1 aromatic carbocycles. The molecular formula is C13H19BrFNO. The van der Waals surface area contributed by atoms with Crippen LogP contribution in [-0.2, 0) is 11.3 Å². The van der Waals surface area contributed by atoms with Gasteiger partial charge in [0.05, 0.1) is 5.60 Å². The Morgan fingerprint density at radius 3 is 2.76 bits per heavy atom. The van der Waals surface area contributed by atoms with Gasteiger partial charge in [0.25, 0.3) is 0 Å². The van der Waals surface area contributed by atoms with E-state index in [1.165, 1.54) is 6.07 Å². The number of benzene rings is 1. The van der Waals surface area contributed by atoms with Crippen LogP contribution in [-0.4, -0.2) is 19.3 Å². The van der Waals surface area contributed by atoms with Gasteiger partial charge in [-0.2, -0.15) is 0 Å². The van der Waals surface area contributed by atoms with Gasteiger partial charge in [0.15, 0.2) is 0 Å². The standard InChI is InChI=1S/C13H19BrFNO/c1-13(2,17-3)6-7-16-9-10-8-11(15)4-5-12(10)14/h4-5,8,16H,6-7,9H2,1-3H3. The first-order valence-corrected chi connectivity index (χ1v) is 6.44. The molecule has 0 bridgehead atoms. The van der Waals surface area contributed by atoms with Gasteiger partial charge in [-0.25, -0.2) is 4.39 Å². The molecule has 0 spiro atoms. The molecule has 2 nitrogen and oxygen atoms in total. The molecule has 0 aromatic heterocycles. The summed E-state index contributed by atoms with van der Waals surface area (Å²) in [7, 11) is 1.71. The molecule has 0 heterocycles. The van der Waals surface area contributed by atoms with Crippen LogP contribution in [0.4, 0.5) is 4.39 Å².